The van der Waals surface area contributed by atoms with Crippen LogP contribution < -0.4 is 8.85 Å². The highest BCUT2D eigenvalue weighted by Gasteiger charge is 2.40. The van der Waals surface area contributed by atoms with E-state index in [0.717, 1.165) is 39.1 Å². The van der Waals surface area contributed by atoms with Crippen molar-refractivity contribution in [2.45, 2.75) is 90.1 Å². The monoisotopic (exact) mass is 776 g/mol. The Hall–Kier alpha value is -3.64. The summed E-state index contributed by atoms with van der Waals surface area (Å²) in [6.07, 6.45) is 12.7. The Morgan fingerprint density at radius 2 is 1.24 bits per heavy atom. The van der Waals surface area contributed by atoms with Crippen LogP contribution in [0.1, 0.15) is 70.6 Å². The molecule has 0 aromatic heterocycles. The van der Waals surface area contributed by atoms with Crippen LogP contribution in [0.5, 0.6) is 11.5 Å². The fourth-order valence-corrected chi connectivity index (χ4v) is 8.32. The molecule has 0 aliphatic heterocycles. The molecule has 0 N–H and O–H groups in total. The Morgan fingerprint density at radius 1 is 0.725 bits per heavy atom. The quantitative estimate of drug-likeness (QED) is 0.136. The first-order valence-electron chi connectivity index (χ1n) is 18.0. The molecule has 3 nitrogen and oxygen atoms in total. The number of carbonyl (C=O) groups excluding carboxylic acids is 1. The lowest BCUT2D eigenvalue weighted by Gasteiger charge is -2.37. The van der Waals surface area contributed by atoms with Gasteiger partial charge in [-0.05, 0) is 126 Å². The number of carbonyl (C=O) groups is 1. The summed E-state index contributed by atoms with van der Waals surface area (Å²) in [5, 5.41) is 0.238. The first kappa shape index (κ1) is 38.6. The van der Waals surface area contributed by atoms with Crippen molar-refractivity contribution < 1.29 is 13.6 Å². The van der Waals surface area contributed by atoms with Gasteiger partial charge in [-0.3, -0.25) is 4.79 Å². The normalized spacial score (nSPS) is 19.4. The zero-order valence-corrected chi connectivity index (χ0v) is 35.5. The third-order valence-electron chi connectivity index (χ3n) is 11.1. The lowest BCUT2D eigenvalue weighted by atomic mass is 9.67. The number of hydrogen-bond donors (Lipinski definition) is 0. The molecule has 3 atom stereocenters. The molecule has 0 radical (unpaired) electrons. The Bertz CT molecular complexity index is 1890. The molecule has 0 saturated heterocycles. The molecular weight excluding hydrogens is 725 g/mol. The van der Waals surface area contributed by atoms with Gasteiger partial charge >= 0.3 is 0 Å². The Morgan fingerprint density at radius 3 is 1.75 bits per heavy atom. The molecule has 2 aliphatic carbocycles. The molecule has 51 heavy (non-hydrogen) atoms. The topological polar surface area (TPSA) is 35.5 Å². The summed E-state index contributed by atoms with van der Waals surface area (Å²) in [5.74, 6) is 9.22. The molecule has 3 aromatic carbocycles. The van der Waals surface area contributed by atoms with Gasteiger partial charge in [0.15, 0.2) is 5.78 Å². The number of rotatable bonds is 7. The lowest BCUT2D eigenvalue weighted by molar-refractivity contribution is -0.110. The van der Waals surface area contributed by atoms with E-state index in [9.17, 15) is 4.79 Å². The van der Waals surface area contributed by atoms with E-state index in [1.165, 1.54) is 11.1 Å². The van der Waals surface area contributed by atoms with Gasteiger partial charge in [0, 0.05) is 27.8 Å². The maximum atomic E-state index is 12.3. The van der Waals surface area contributed by atoms with E-state index in [0.29, 0.717) is 0 Å². The van der Waals surface area contributed by atoms with Gasteiger partial charge < -0.3 is 8.85 Å². The maximum Gasteiger partial charge on any atom is 0.250 e. The molecule has 0 bridgehead atoms. The van der Waals surface area contributed by atoms with Crippen LogP contribution in [-0.2, 0) is 4.79 Å². The molecular formula is C45H53BrO3Si2. The molecule has 5 rings (SSSR count). The SMILES string of the molecule is CC(C)(C)[Si](C)(C)Oc1ccc(C#C[C@@H]2CC=C[C@@H](c3ccc(O[Si](C)(C)C(C)(C)C)cc3)[C@H]2C(=C2C=CC(=O)C=C2)c2ccc(Br)cc2)cc1. The van der Waals surface area contributed by atoms with Gasteiger partial charge in [0.1, 0.15) is 11.5 Å². The van der Waals surface area contributed by atoms with E-state index in [4.69, 9.17) is 8.85 Å². The van der Waals surface area contributed by atoms with Crippen LogP contribution in [0.25, 0.3) is 5.57 Å². The first-order valence-corrected chi connectivity index (χ1v) is 24.6. The number of ketones is 1. The van der Waals surface area contributed by atoms with Gasteiger partial charge in [-0.1, -0.05) is 118 Å². The van der Waals surface area contributed by atoms with E-state index >= 15 is 0 Å². The smallest absolute Gasteiger partial charge is 0.250 e. The number of allylic oxidation sites excluding steroid dienone is 8. The zero-order chi connectivity index (χ0) is 37.2. The van der Waals surface area contributed by atoms with Gasteiger partial charge in [-0.2, -0.15) is 0 Å². The van der Waals surface area contributed by atoms with Crippen LogP contribution in [0.2, 0.25) is 36.3 Å². The van der Waals surface area contributed by atoms with E-state index in [1.54, 1.807) is 12.2 Å². The molecule has 0 amide bonds. The number of halogens is 1. The van der Waals surface area contributed by atoms with Crippen LogP contribution in [0, 0.1) is 23.7 Å². The minimum atomic E-state index is -1.98. The van der Waals surface area contributed by atoms with Crippen LogP contribution in [-0.4, -0.2) is 22.4 Å². The van der Waals surface area contributed by atoms with Gasteiger partial charge in [0.2, 0.25) is 16.6 Å². The predicted octanol–water partition coefficient (Wildman–Crippen LogP) is 12.7. The second kappa shape index (κ2) is 15.1. The highest BCUT2D eigenvalue weighted by Crippen LogP contribution is 2.48. The minimum absolute atomic E-state index is 0.00337. The largest absolute Gasteiger partial charge is 0.544 e. The van der Waals surface area contributed by atoms with Crippen molar-refractivity contribution in [3.8, 4) is 23.3 Å². The van der Waals surface area contributed by atoms with Crippen molar-refractivity contribution in [3.05, 3.63) is 136 Å². The third kappa shape index (κ3) is 9.24. The molecule has 0 fully saturated rings. The Labute approximate surface area is 317 Å². The summed E-state index contributed by atoms with van der Waals surface area (Å²) >= 11 is 3.64. The van der Waals surface area contributed by atoms with Gasteiger partial charge in [-0.15, -0.1) is 0 Å². The lowest BCUT2D eigenvalue weighted by Crippen LogP contribution is -2.43. The average Bonchev–Trinajstić information content (AvgIpc) is 3.05. The summed E-state index contributed by atoms with van der Waals surface area (Å²) in [6, 6.07) is 25.5. The summed E-state index contributed by atoms with van der Waals surface area (Å²) in [5.41, 5.74) is 5.54. The van der Waals surface area contributed by atoms with E-state index in [2.05, 4.69) is 180 Å². The molecule has 3 aromatic rings. The number of benzene rings is 3. The molecule has 2 aliphatic rings. The van der Waals surface area contributed by atoms with Gasteiger partial charge in [-0.25, -0.2) is 0 Å². The van der Waals surface area contributed by atoms with Crippen molar-refractivity contribution >= 4 is 43.9 Å². The predicted molar refractivity (Wildman–Crippen MR) is 223 cm³/mol. The van der Waals surface area contributed by atoms with E-state index < -0.39 is 16.6 Å². The molecule has 0 spiro atoms. The Balaban J connectivity index is 1.57. The summed E-state index contributed by atoms with van der Waals surface area (Å²) in [4.78, 5) is 12.3. The standard InChI is InChI=1S/C45H53BrO3Si2/c1-44(2,3)50(7,8)48-39-28-15-32(16-29-39)14-17-34-12-11-13-41(33-22-30-40(31-23-33)49-51(9,10)45(4,5)6)43(34)42(35-18-24-37(46)25-19-35)36-20-26-38(47)27-21-36/h11,13,15-16,18-31,34,41,43H,12H2,1-10H3/t34-,41-,43-/m0/s1. The van der Waals surface area contributed by atoms with Crippen LogP contribution in [0.4, 0.5) is 0 Å². The van der Waals surface area contributed by atoms with Gasteiger partial charge in [0.25, 0.3) is 0 Å². The second-order valence-corrected chi connectivity index (χ2v) is 27.2. The molecule has 6 heteroatoms. The fourth-order valence-electron chi connectivity index (χ4n) is 5.99. The van der Waals surface area contributed by atoms with Crippen molar-refractivity contribution in [1.29, 1.82) is 0 Å². The summed E-state index contributed by atoms with van der Waals surface area (Å²) in [7, 11) is -3.92. The van der Waals surface area contributed by atoms with Crippen molar-refractivity contribution in [2.75, 3.05) is 0 Å². The first-order chi connectivity index (χ1) is 23.8. The van der Waals surface area contributed by atoms with Crippen molar-refractivity contribution in [2.24, 2.45) is 11.8 Å². The summed E-state index contributed by atoms with van der Waals surface area (Å²) in [6.45, 7) is 22.7. The van der Waals surface area contributed by atoms with Crippen LogP contribution in [0.3, 0.4) is 0 Å². The van der Waals surface area contributed by atoms with Gasteiger partial charge in [0.05, 0.1) is 0 Å². The Kier molecular flexibility index (Phi) is 11.5. The fraction of sp³-hybridized carbons (Fsp3) is 0.356. The number of hydrogen-bond acceptors (Lipinski definition) is 3. The third-order valence-corrected chi connectivity index (χ3v) is 20.3. The highest BCUT2D eigenvalue weighted by molar-refractivity contribution is 9.10. The van der Waals surface area contributed by atoms with Crippen molar-refractivity contribution in [1.82, 2.24) is 0 Å². The maximum absolute atomic E-state index is 12.3. The van der Waals surface area contributed by atoms with Crippen molar-refractivity contribution in [3.63, 3.8) is 0 Å². The van der Waals surface area contributed by atoms with Crippen LogP contribution in [0.15, 0.2) is 119 Å². The minimum Gasteiger partial charge on any atom is -0.544 e. The van der Waals surface area contributed by atoms with E-state index in [1.807, 2.05) is 12.2 Å². The molecule has 0 saturated carbocycles. The average molecular weight is 778 g/mol. The molecule has 0 heterocycles. The second-order valence-electron chi connectivity index (χ2n) is 16.9. The highest BCUT2D eigenvalue weighted by atomic mass is 79.9. The zero-order valence-electron chi connectivity index (χ0n) is 31.9. The molecule has 266 valence electrons. The summed E-state index contributed by atoms with van der Waals surface area (Å²) < 4.78 is 14.2. The van der Waals surface area contributed by atoms with E-state index in [-0.39, 0.29) is 33.6 Å². The van der Waals surface area contributed by atoms with Crippen LogP contribution >= 0.6 is 15.9 Å². The molecule has 0 unspecified atom stereocenters.